The predicted molar refractivity (Wildman–Crippen MR) is 117 cm³/mol. The van der Waals surface area contributed by atoms with E-state index in [-0.39, 0.29) is 17.6 Å². The zero-order valence-electron chi connectivity index (χ0n) is 16.2. The van der Waals surface area contributed by atoms with Gasteiger partial charge in [0.25, 0.3) is 0 Å². The lowest BCUT2D eigenvalue weighted by Gasteiger charge is -2.32. The number of hydrogen-bond acceptors (Lipinski definition) is 6. The van der Waals surface area contributed by atoms with Crippen molar-refractivity contribution in [2.24, 2.45) is 0 Å². The molecule has 0 saturated heterocycles. The summed E-state index contributed by atoms with van der Waals surface area (Å²) in [5.41, 5.74) is 4.33. The molecule has 10 heteroatoms. The Kier molecular flexibility index (Phi) is 5.96. The van der Waals surface area contributed by atoms with Crippen molar-refractivity contribution in [1.29, 1.82) is 0 Å². The van der Waals surface area contributed by atoms with E-state index in [4.69, 9.17) is 4.74 Å². The maximum Gasteiger partial charge on any atom is 0.240 e. The highest BCUT2D eigenvalue weighted by molar-refractivity contribution is 9.10. The van der Waals surface area contributed by atoms with Crippen LogP contribution >= 0.6 is 27.7 Å². The molecule has 1 aromatic heterocycles. The maximum absolute atomic E-state index is 14.2. The lowest BCUT2D eigenvalue weighted by molar-refractivity contribution is -0.116. The number of aromatic nitrogens is 3. The van der Waals surface area contributed by atoms with Crippen LogP contribution in [0, 0.1) is 12.7 Å². The van der Waals surface area contributed by atoms with Crippen LogP contribution in [0.2, 0.25) is 0 Å². The number of ether oxygens (including phenoxy) is 1. The molecule has 156 valence electrons. The number of nitrogens with one attached hydrogen (secondary N) is 2. The van der Waals surface area contributed by atoms with Crippen LogP contribution in [0.5, 0.6) is 5.75 Å². The van der Waals surface area contributed by atoms with Gasteiger partial charge in [0.2, 0.25) is 11.1 Å². The summed E-state index contributed by atoms with van der Waals surface area (Å²) in [6, 6.07) is 11.7. The highest BCUT2D eigenvalue weighted by atomic mass is 79.9. The first-order valence-corrected chi connectivity index (χ1v) is 11.0. The molecular weight excluding hydrogens is 473 g/mol. The Labute approximate surface area is 185 Å². The number of carbonyl (C=O) groups is 1. The number of thioether (sulfide) groups is 1. The van der Waals surface area contributed by atoms with Gasteiger partial charge in [0.15, 0.2) is 0 Å². The Balaban J connectivity index is 1.64. The fraction of sp³-hybridized carbons (Fsp3) is 0.250. The van der Waals surface area contributed by atoms with E-state index in [1.54, 1.807) is 10.7 Å². The van der Waals surface area contributed by atoms with Crippen molar-refractivity contribution in [3.63, 3.8) is 0 Å². The smallest absolute Gasteiger partial charge is 0.240 e. The number of fused-ring (bicyclic) bond motifs is 1. The van der Waals surface area contributed by atoms with Gasteiger partial charge in [-0.25, -0.2) is 9.07 Å². The summed E-state index contributed by atoms with van der Waals surface area (Å²) in [6.07, 6.45) is 0. The molecule has 0 radical (unpaired) electrons. The van der Waals surface area contributed by atoms with Crippen molar-refractivity contribution < 1.29 is 13.9 Å². The molecule has 4 rings (SSSR count). The molecule has 2 aromatic carbocycles. The van der Waals surface area contributed by atoms with Crippen molar-refractivity contribution in [1.82, 2.24) is 14.9 Å². The Morgan fingerprint density at radius 3 is 2.77 bits per heavy atom. The summed E-state index contributed by atoms with van der Waals surface area (Å²) in [5.74, 6) is 0.595. The Morgan fingerprint density at radius 2 is 2.07 bits per heavy atom. The highest BCUT2D eigenvalue weighted by Gasteiger charge is 2.37. The van der Waals surface area contributed by atoms with Gasteiger partial charge in [-0.15, -0.1) is 10.2 Å². The van der Waals surface area contributed by atoms with Crippen molar-refractivity contribution in [3.8, 4) is 5.75 Å². The Bertz CT molecular complexity index is 1080. The minimum Gasteiger partial charge on any atom is -0.494 e. The minimum atomic E-state index is -0.595. The molecule has 2 heterocycles. The van der Waals surface area contributed by atoms with Crippen LogP contribution < -0.4 is 15.5 Å². The number of halogens is 2. The molecule has 2 N–H and O–H groups in total. The van der Waals surface area contributed by atoms with Crippen LogP contribution in [0.3, 0.4) is 0 Å². The number of benzene rings is 2. The SMILES string of the molecule is CCOc1ccc([C@@H]2Nn3c(C)nnc3S[C@@H]2C(=O)Nc2ccc(Br)cc2F)cc1. The quantitative estimate of drug-likeness (QED) is 0.554. The van der Waals surface area contributed by atoms with Crippen LogP contribution in [0.25, 0.3) is 0 Å². The second kappa shape index (κ2) is 8.65. The summed E-state index contributed by atoms with van der Waals surface area (Å²) in [5, 5.41) is 10.9. The summed E-state index contributed by atoms with van der Waals surface area (Å²) < 4.78 is 22.1. The maximum atomic E-state index is 14.2. The lowest BCUT2D eigenvalue weighted by atomic mass is 10.0. The molecule has 30 heavy (non-hydrogen) atoms. The molecule has 0 fully saturated rings. The van der Waals surface area contributed by atoms with E-state index in [2.05, 4.69) is 36.9 Å². The van der Waals surface area contributed by atoms with Crippen molar-refractivity contribution >= 4 is 39.3 Å². The summed E-state index contributed by atoms with van der Waals surface area (Å²) in [6.45, 7) is 4.33. The summed E-state index contributed by atoms with van der Waals surface area (Å²) >= 11 is 4.50. The summed E-state index contributed by atoms with van der Waals surface area (Å²) in [4.78, 5) is 13.1. The molecule has 1 aliphatic heterocycles. The van der Waals surface area contributed by atoms with E-state index in [0.29, 0.717) is 22.1 Å². The van der Waals surface area contributed by atoms with Gasteiger partial charge < -0.3 is 15.5 Å². The number of anilines is 1. The Hall–Kier alpha value is -2.59. The van der Waals surface area contributed by atoms with Gasteiger partial charge in [-0.05, 0) is 49.7 Å². The topological polar surface area (TPSA) is 81.1 Å². The molecule has 0 saturated carbocycles. The largest absolute Gasteiger partial charge is 0.494 e. The van der Waals surface area contributed by atoms with Crippen LogP contribution in [0.15, 0.2) is 52.1 Å². The number of amides is 1. The molecule has 0 unspecified atom stereocenters. The molecule has 1 amide bonds. The second-order valence-corrected chi connectivity index (χ2v) is 8.65. The van der Waals surface area contributed by atoms with Gasteiger partial charge in [0.1, 0.15) is 22.6 Å². The fourth-order valence-corrected chi connectivity index (χ4v) is 4.60. The predicted octanol–water partition coefficient (Wildman–Crippen LogP) is 4.28. The lowest BCUT2D eigenvalue weighted by Crippen LogP contribution is -2.41. The van der Waals surface area contributed by atoms with Crippen LogP contribution in [-0.2, 0) is 4.79 Å². The molecule has 0 aliphatic carbocycles. The molecule has 1 aliphatic rings. The van der Waals surface area contributed by atoms with Gasteiger partial charge in [0, 0.05) is 4.47 Å². The van der Waals surface area contributed by atoms with Gasteiger partial charge in [-0.3, -0.25) is 4.79 Å². The van der Waals surface area contributed by atoms with Crippen LogP contribution in [0.1, 0.15) is 24.4 Å². The number of rotatable bonds is 5. The third kappa shape index (κ3) is 4.15. The third-order valence-electron chi connectivity index (χ3n) is 4.60. The monoisotopic (exact) mass is 491 g/mol. The molecule has 2 atom stereocenters. The zero-order valence-corrected chi connectivity index (χ0v) is 18.6. The number of carbonyl (C=O) groups excluding carboxylic acids is 1. The van der Waals surface area contributed by atoms with E-state index >= 15 is 0 Å². The average Bonchev–Trinajstić information content (AvgIpc) is 3.10. The van der Waals surface area contributed by atoms with E-state index < -0.39 is 11.1 Å². The van der Waals surface area contributed by atoms with E-state index in [1.807, 2.05) is 38.1 Å². The van der Waals surface area contributed by atoms with Crippen LogP contribution in [-0.4, -0.2) is 32.6 Å². The molecule has 0 spiro atoms. The van der Waals surface area contributed by atoms with E-state index in [0.717, 1.165) is 11.3 Å². The van der Waals surface area contributed by atoms with Crippen LogP contribution in [0.4, 0.5) is 10.1 Å². The highest BCUT2D eigenvalue weighted by Crippen LogP contribution is 2.38. The first kappa shape index (κ1) is 20.7. The van der Waals surface area contributed by atoms with Gasteiger partial charge in [-0.2, -0.15) is 0 Å². The van der Waals surface area contributed by atoms with E-state index in [9.17, 15) is 9.18 Å². The zero-order chi connectivity index (χ0) is 21.3. The average molecular weight is 492 g/mol. The third-order valence-corrected chi connectivity index (χ3v) is 6.30. The Morgan fingerprint density at radius 1 is 1.30 bits per heavy atom. The minimum absolute atomic E-state index is 0.123. The van der Waals surface area contributed by atoms with Gasteiger partial charge in [-0.1, -0.05) is 39.8 Å². The molecular formula is C20H19BrFN5O2S. The normalized spacial score (nSPS) is 17.7. The van der Waals surface area contributed by atoms with E-state index in [1.165, 1.54) is 23.9 Å². The van der Waals surface area contributed by atoms with Crippen molar-refractivity contribution in [3.05, 3.63) is 64.1 Å². The standard InChI is InChI=1S/C20H19BrFN5O2S/c1-3-29-14-7-4-12(5-8-14)17-18(30-20-25-24-11(2)27(20)26-17)19(28)23-16-9-6-13(21)10-15(16)22/h4-10,17-18,26H,3H2,1-2H3,(H,23,28)/t17-,18-/m0/s1. The number of hydrogen-bond donors (Lipinski definition) is 2. The van der Waals surface area contributed by atoms with Crippen molar-refractivity contribution in [2.75, 3.05) is 17.3 Å². The molecule has 3 aromatic rings. The van der Waals surface area contributed by atoms with Gasteiger partial charge >= 0.3 is 0 Å². The second-order valence-electron chi connectivity index (χ2n) is 6.63. The first-order chi connectivity index (χ1) is 14.5. The molecule has 0 bridgehead atoms. The number of nitrogens with zero attached hydrogens (tertiary/aromatic N) is 3. The first-order valence-electron chi connectivity index (χ1n) is 9.30. The van der Waals surface area contributed by atoms with Gasteiger partial charge in [0.05, 0.1) is 18.3 Å². The summed E-state index contributed by atoms with van der Waals surface area (Å²) in [7, 11) is 0. The molecule has 7 nitrogen and oxygen atoms in total. The number of aryl methyl sites for hydroxylation is 1. The van der Waals surface area contributed by atoms with Crippen molar-refractivity contribution in [2.45, 2.75) is 30.3 Å². The fourth-order valence-electron chi connectivity index (χ4n) is 3.14.